The summed E-state index contributed by atoms with van der Waals surface area (Å²) in [7, 11) is 1.59. The van der Waals surface area contributed by atoms with Gasteiger partial charge in [-0.25, -0.2) is 4.99 Å². The number of hydrogen-bond donors (Lipinski definition) is 2. The van der Waals surface area contributed by atoms with Crippen LogP contribution < -0.4 is 5.73 Å². The average molecular weight is 370 g/mol. The first-order chi connectivity index (χ1) is 13.4. The van der Waals surface area contributed by atoms with E-state index in [-0.39, 0.29) is 11.9 Å². The van der Waals surface area contributed by atoms with Gasteiger partial charge >= 0.3 is 0 Å². The van der Waals surface area contributed by atoms with E-state index in [2.05, 4.69) is 21.3 Å². The molecule has 2 aromatic carbocycles. The summed E-state index contributed by atoms with van der Waals surface area (Å²) in [6.45, 7) is 1.90. The van der Waals surface area contributed by atoms with Crippen molar-refractivity contribution in [1.29, 1.82) is 5.26 Å². The molecule has 1 amide bonds. The fourth-order valence-corrected chi connectivity index (χ4v) is 3.44. The summed E-state index contributed by atoms with van der Waals surface area (Å²) in [6, 6.07) is 17.4. The molecule has 4 rings (SSSR count). The van der Waals surface area contributed by atoms with Crippen molar-refractivity contribution in [2.75, 3.05) is 7.05 Å². The Hall–Kier alpha value is -3.92. The molecule has 1 aliphatic rings. The molecule has 3 N–H and O–H groups in total. The fourth-order valence-electron chi connectivity index (χ4n) is 3.44. The van der Waals surface area contributed by atoms with Gasteiger partial charge in [0, 0.05) is 7.05 Å². The maximum absolute atomic E-state index is 12.7. The number of aromatic nitrogens is 2. The molecule has 0 spiro atoms. The van der Waals surface area contributed by atoms with E-state index in [1.165, 1.54) is 11.1 Å². The first kappa shape index (κ1) is 17.5. The first-order valence-corrected chi connectivity index (χ1v) is 8.72. The lowest BCUT2D eigenvalue weighted by Gasteiger charge is -2.25. The number of rotatable bonds is 2. The molecule has 7 nitrogen and oxygen atoms in total. The number of amides is 1. The number of nitrogens with one attached hydrogen (secondary N) is 1. The summed E-state index contributed by atoms with van der Waals surface area (Å²) in [5, 5.41) is 16.2. The fraction of sp³-hybridized carbons (Fsp3) is 0.143. The van der Waals surface area contributed by atoms with E-state index < -0.39 is 5.54 Å². The zero-order valence-electron chi connectivity index (χ0n) is 15.5. The first-order valence-electron chi connectivity index (χ1n) is 8.72. The zero-order chi connectivity index (χ0) is 19.9. The second-order valence-electron chi connectivity index (χ2n) is 6.84. The number of benzene rings is 2. The minimum absolute atomic E-state index is 0.133. The topological polar surface area (TPSA) is 111 Å². The molecular weight excluding hydrogens is 352 g/mol. The van der Waals surface area contributed by atoms with Crippen molar-refractivity contribution in [3.05, 3.63) is 77.1 Å². The summed E-state index contributed by atoms with van der Waals surface area (Å²) in [4.78, 5) is 18.6. The van der Waals surface area contributed by atoms with E-state index in [1.807, 2.05) is 49.4 Å². The van der Waals surface area contributed by atoms with Crippen LogP contribution in [-0.2, 0) is 5.54 Å². The van der Waals surface area contributed by atoms with Crippen molar-refractivity contribution in [3.63, 3.8) is 0 Å². The van der Waals surface area contributed by atoms with Crippen molar-refractivity contribution in [1.82, 2.24) is 15.1 Å². The van der Waals surface area contributed by atoms with Gasteiger partial charge in [-0.1, -0.05) is 30.3 Å². The highest BCUT2D eigenvalue weighted by Gasteiger charge is 2.39. The number of guanidine groups is 1. The maximum atomic E-state index is 12.7. The number of aliphatic imine (C=N–C) groups is 1. The molecule has 0 aliphatic carbocycles. The molecule has 0 saturated heterocycles. The van der Waals surface area contributed by atoms with Crippen molar-refractivity contribution in [2.45, 2.75) is 12.5 Å². The lowest BCUT2D eigenvalue weighted by atomic mass is 9.85. The Morgan fingerprint density at radius 1 is 1.18 bits per heavy atom. The Bertz CT molecular complexity index is 1160. The van der Waals surface area contributed by atoms with Gasteiger partial charge in [0.2, 0.25) is 0 Å². The normalized spacial score (nSPS) is 18.8. The molecule has 138 valence electrons. The highest BCUT2D eigenvalue weighted by molar-refractivity contribution is 6.07. The predicted octanol–water partition coefficient (Wildman–Crippen LogP) is 2.61. The molecule has 1 atom stereocenters. The Kier molecular flexibility index (Phi) is 3.97. The van der Waals surface area contributed by atoms with Crippen LogP contribution in [0.4, 0.5) is 0 Å². The SMILES string of the molecule is CN1C(=O)c2cn[nH]c2C(C)(c2cccc(-c3cccc(C#N)c3)c2)N=C1N. The van der Waals surface area contributed by atoms with E-state index in [0.29, 0.717) is 16.8 Å². The van der Waals surface area contributed by atoms with Gasteiger partial charge in [-0.05, 0) is 41.8 Å². The van der Waals surface area contributed by atoms with E-state index in [4.69, 9.17) is 5.73 Å². The van der Waals surface area contributed by atoms with E-state index in [1.54, 1.807) is 13.1 Å². The van der Waals surface area contributed by atoms with Gasteiger partial charge in [-0.2, -0.15) is 10.4 Å². The zero-order valence-corrected chi connectivity index (χ0v) is 15.5. The Morgan fingerprint density at radius 2 is 1.89 bits per heavy atom. The summed E-state index contributed by atoms with van der Waals surface area (Å²) in [6.07, 6.45) is 1.50. The third-order valence-corrected chi connectivity index (χ3v) is 5.09. The Balaban J connectivity index is 1.90. The molecule has 7 heteroatoms. The summed E-state index contributed by atoms with van der Waals surface area (Å²) in [5.41, 5.74) is 9.51. The molecule has 2 heterocycles. The van der Waals surface area contributed by atoms with Gasteiger partial charge in [0.1, 0.15) is 5.54 Å². The Labute approximate surface area is 162 Å². The standard InChI is InChI=1S/C21H18N6O/c1-21(18-17(12-24-26-18)19(28)27(2)20(23)25-21)16-8-4-7-15(10-16)14-6-3-5-13(9-14)11-22/h3-10,12H,1-2H3,(H2,23,25)(H,24,26). The van der Waals surface area contributed by atoms with Gasteiger partial charge in [0.25, 0.3) is 5.91 Å². The molecule has 28 heavy (non-hydrogen) atoms. The molecule has 0 saturated carbocycles. The molecule has 0 radical (unpaired) electrons. The van der Waals surface area contributed by atoms with Crippen LogP contribution >= 0.6 is 0 Å². The quantitative estimate of drug-likeness (QED) is 0.722. The molecule has 1 aromatic heterocycles. The maximum Gasteiger partial charge on any atom is 0.263 e. The van der Waals surface area contributed by atoms with E-state index >= 15 is 0 Å². The van der Waals surface area contributed by atoms with E-state index in [9.17, 15) is 10.1 Å². The lowest BCUT2D eigenvalue weighted by Crippen LogP contribution is -2.38. The number of nitrogens with two attached hydrogens (primary N) is 1. The molecule has 3 aromatic rings. The molecule has 0 bridgehead atoms. The molecular formula is C21H18N6O. The molecule has 1 aliphatic heterocycles. The molecule has 0 fully saturated rings. The van der Waals surface area contributed by atoms with Gasteiger partial charge in [0.15, 0.2) is 5.96 Å². The van der Waals surface area contributed by atoms with E-state index in [0.717, 1.165) is 16.7 Å². The van der Waals surface area contributed by atoms with Crippen LogP contribution in [0.25, 0.3) is 11.1 Å². The second-order valence-corrected chi connectivity index (χ2v) is 6.84. The van der Waals surface area contributed by atoms with Crippen LogP contribution in [0.3, 0.4) is 0 Å². The van der Waals surface area contributed by atoms with Crippen LogP contribution in [-0.4, -0.2) is 34.0 Å². The average Bonchev–Trinajstić information content (AvgIpc) is 3.21. The number of carbonyl (C=O) groups excluding carboxylic acids is 1. The van der Waals surface area contributed by atoms with Crippen molar-refractivity contribution < 1.29 is 4.79 Å². The summed E-state index contributed by atoms with van der Waals surface area (Å²) in [5.74, 6) is -0.124. The third-order valence-electron chi connectivity index (χ3n) is 5.09. The number of fused-ring (bicyclic) bond motifs is 1. The highest BCUT2D eigenvalue weighted by Crippen LogP contribution is 2.38. The van der Waals surface area contributed by atoms with Gasteiger partial charge in [-0.15, -0.1) is 0 Å². The predicted molar refractivity (Wildman–Crippen MR) is 105 cm³/mol. The third kappa shape index (κ3) is 2.63. The van der Waals surface area contributed by atoms with Crippen LogP contribution in [0.15, 0.2) is 59.7 Å². The number of carbonyl (C=O) groups is 1. The van der Waals surface area contributed by atoms with Crippen molar-refractivity contribution in [2.24, 2.45) is 10.7 Å². The lowest BCUT2D eigenvalue weighted by molar-refractivity contribution is 0.0870. The molecule has 1 unspecified atom stereocenters. The number of hydrogen-bond acceptors (Lipinski definition) is 5. The summed E-state index contributed by atoms with van der Waals surface area (Å²) >= 11 is 0. The van der Waals surface area contributed by atoms with Crippen LogP contribution in [0.1, 0.15) is 34.1 Å². The minimum Gasteiger partial charge on any atom is -0.369 e. The largest absolute Gasteiger partial charge is 0.369 e. The number of nitrogens with zero attached hydrogens (tertiary/aromatic N) is 4. The summed E-state index contributed by atoms with van der Waals surface area (Å²) < 4.78 is 0. The van der Waals surface area contributed by atoms with Crippen LogP contribution in [0.5, 0.6) is 0 Å². The van der Waals surface area contributed by atoms with Gasteiger partial charge < -0.3 is 5.73 Å². The minimum atomic E-state index is -0.917. The Morgan fingerprint density at radius 3 is 2.64 bits per heavy atom. The monoisotopic (exact) mass is 370 g/mol. The highest BCUT2D eigenvalue weighted by atomic mass is 16.2. The number of nitriles is 1. The van der Waals surface area contributed by atoms with Crippen LogP contribution in [0, 0.1) is 11.3 Å². The van der Waals surface area contributed by atoms with Crippen LogP contribution in [0.2, 0.25) is 0 Å². The smallest absolute Gasteiger partial charge is 0.263 e. The van der Waals surface area contributed by atoms with Gasteiger partial charge in [0.05, 0.1) is 29.1 Å². The second kappa shape index (κ2) is 6.35. The van der Waals surface area contributed by atoms with Gasteiger partial charge in [-0.3, -0.25) is 14.8 Å². The number of H-pyrrole nitrogens is 1. The van der Waals surface area contributed by atoms with Crippen molar-refractivity contribution >= 4 is 11.9 Å². The number of aromatic amines is 1. The van der Waals surface area contributed by atoms with Crippen molar-refractivity contribution in [3.8, 4) is 17.2 Å².